The van der Waals surface area contributed by atoms with E-state index in [1.54, 1.807) is 6.92 Å². The molecule has 0 saturated carbocycles. The number of carbonyl (C=O) groups excluding carboxylic acids is 1. The van der Waals surface area contributed by atoms with Crippen LogP contribution in [0.2, 0.25) is 0 Å². The van der Waals surface area contributed by atoms with Crippen molar-refractivity contribution in [3.05, 3.63) is 65.0 Å². The molecule has 1 aromatic heterocycles. The maximum atomic E-state index is 11.5. The highest BCUT2D eigenvalue weighted by molar-refractivity contribution is 6.03. The summed E-state index contributed by atoms with van der Waals surface area (Å²) < 4.78 is 0. The third-order valence-electron chi connectivity index (χ3n) is 4.83. The fourth-order valence-electron chi connectivity index (χ4n) is 3.52. The van der Waals surface area contributed by atoms with Gasteiger partial charge in [0, 0.05) is 24.1 Å². The van der Waals surface area contributed by atoms with Gasteiger partial charge in [-0.2, -0.15) is 5.10 Å². The Labute approximate surface area is 152 Å². The first-order valence-electron chi connectivity index (χ1n) is 9.06. The molecule has 3 aromatic rings. The van der Waals surface area contributed by atoms with Crippen LogP contribution in [0.1, 0.15) is 48.7 Å². The monoisotopic (exact) mass is 347 g/mol. The smallest absolute Gasteiger partial charge is 0.318 e. The summed E-state index contributed by atoms with van der Waals surface area (Å²) in [5, 5.41) is 14.3. The van der Waals surface area contributed by atoms with Gasteiger partial charge in [0.1, 0.15) is 0 Å². The zero-order valence-corrected chi connectivity index (χ0v) is 14.8. The largest absolute Gasteiger partial charge is 0.334 e. The van der Waals surface area contributed by atoms with E-state index in [1.165, 1.54) is 16.3 Å². The first-order valence-corrected chi connectivity index (χ1v) is 9.06. The molecular formula is C21H21N3O2. The summed E-state index contributed by atoms with van der Waals surface area (Å²) >= 11 is 0. The van der Waals surface area contributed by atoms with Gasteiger partial charge in [0.15, 0.2) is 0 Å². The van der Waals surface area contributed by atoms with E-state index in [0.29, 0.717) is 12.8 Å². The molecule has 0 aliphatic heterocycles. The average Bonchev–Trinajstić information content (AvgIpc) is 3.10. The van der Waals surface area contributed by atoms with E-state index < -0.39 is 0 Å². The number of benzene rings is 2. The lowest BCUT2D eigenvalue weighted by atomic mass is 9.91. The van der Waals surface area contributed by atoms with Gasteiger partial charge in [0.25, 0.3) is 0 Å². The molecule has 132 valence electrons. The molecule has 2 aromatic carbocycles. The Morgan fingerprint density at radius 3 is 2.92 bits per heavy atom. The minimum atomic E-state index is -0.316. The van der Waals surface area contributed by atoms with Crippen molar-refractivity contribution in [3.63, 3.8) is 0 Å². The molecule has 0 bridgehead atoms. The molecule has 0 unspecified atom stereocenters. The molecule has 1 N–H and O–H groups in total. The summed E-state index contributed by atoms with van der Waals surface area (Å²) in [6.07, 6.45) is 3.75. The van der Waals surface area contributed by atoms with E-state index in [-0.39, 0.29) is 5.97 Å². The molecule has 0 spiro atoms. The highest BCUT2D eigenvalue weighted by Gasteiger charge is 2.24. The topological polar surface area (TPSA) is 67.3 Å². The molecule has 0 radical (unpaired) electrons. The molecule has 0 amide bonds. The van der Waals surface area contributed by atoms with Crippen molar-refractivity contribution in [2.75, 3.05) is 0 Å². The van der Waals surface area contributed by atoms with Crippen molar-refractivity contribution in [2.24, 2.45) is 5.16 Å². The zero-order valence-electron chi connectivity index (χ0n) is 14.8. The van der Waals surface area contributed by atoms with E-state index in [4.69, 9.17) is 4.84 Å². The summed E-state index contributed by atoms with van der Waals surface area (Å²) in [5.41, 5.74) is 5.11. The number of hydrogen-bond donors (Lipinski definition) is 1. The van der Waals surface area contributed by atoms with Crippen LogP contribution in [0.15, 0.2) is 47.6 Å². The molecule has 1 aliphatic rings. The minimum Gasteiger partial charge on any atom is -0.318 e. The van der Waals surface area contributed by atoms with Crippen LogP contribution in [0.3, 0.4) is 0 Å². The minimum absolute atomic E-state index is 0.316. The number of fused-ring (bicyclic) bond motifs is 2. The van der Waals surface area contributed by atoms with Crippen LogP contribution in [-0.4, -0.2) is 21.9 Å². The number of aromatic amines is 1. The molecule has 0 saturated heterocycles. The van der Waals surface area contributed by atoms with Gasteiger partial charge >= 0.3 is 5.97 Å². The van der Waals surface area contributed by atoms with Crippen molar-refractivity contribution >= 4 is 22.5 Å². The van der Waals surface area contributed by atoms with Crippen LogP contribution < -0.4 is 0 Å². The highest BCUT2D eigenvalue weighted by atomic mass is 16.7. The van der Waals surface area contributed by atoms with Crippen molar-refractivity contribution in [1.29, 1.82) is 0 Å². The predicted molar refractivity (Wildman–Crippen MR) is 101 cm³/mol. The second kappa shape index (κ2) is 7.12. The number of carbonyl (C=O) groups is 1. The highest BCUT2D eigenvalue weighted by Crippen LogP contribution is 2.27. The van der Waals surface area contributed by atoms with Crippen LogP contribution in [0.25, 0.3) is 10.8 Å². The Balaban J connectivity index is 1.70. The number of hydrogen-bond acceptors (Lipinski definition) is 4. The number of oxime groups is 1. The lowest BCUT2D eigenvalue weighted by molar-refractivity contribution is -0.143. The van der Waals surface area contributed by atoms with Gasteiger partial charge in [-0.1, -0.05) is 54.5 Å². The molecule has 4 rings (SSSR count). The number of nitrogens with zero attached hydrogens (tertiary/aromatic N) is 2. The Hall–Kier alpha value is -2.95. The molecule has 1 heterocycles. The second-order valence-electron chi connectivity index (χ2n) is 6.55. The van der Waals surface area contributed by atoms with Crippen LogP contribution in [0.4, 0.5) is 0 Å². The van der Waals surface area contributed by atoms with Crippen molar-refractivity contribution in [1.82, 2.24) is 10.2 Å². The maximum Gasteiger partial charge on any atom is 0.334 e. The Morgan fingerprint density at radius 1 is 1.19 bits per heavy atom. The van der Waals surface area contributed by atoms with Crippen LogP contribution >= 0.6 is 0 Å². The van der Waals surface area contributed by atoms with E-state index in [0.717, 1.165) is 41.9 Å². The Morgan fingerprint density at radius 2 is 2.04 bits per heavy atom. The molecule has 5 heteroatoms. The second-order valence-corrected chi connectivity index (χ2v) is 6.55. The van der Waals surface area contributed by atoms with E-state index >= 15 is 0 Å². The SMILES string of the molecule is CCC(=O)O/N=C1\CCCc2[nH]nc(Cc3cccc4ccccc34)c21. The predicted octanol–water partition coefficient (Wildman–Crippen LogP) is 4.15. The quantitative estimate of drug-likeness (QED) is 0.569. The summed E-state index contributed by atoms with van der Waals surface area (Å²) in [5.74, 6) is -0.316. The number of aromatic nitrogens is 2. The lowest BCUT2D eigenvalue weighted by Gasteiger charge is -2.14. The fourth-order valence-corrected chi connectivity index (χ4v) is 3.52. The number of rotatable bonds is 4. The number of nitrogens with one attached hydrogen (secondary N) is 1. The summed E-state index contributed by atoms with van der Waals surface area (Å²) in [6.45, 7) is 1.76. The molecular weight excluding hydrogens is 326 g/mol. The third kappa shape index (κ3) is 3.12. The normalized spacial score (nSPS) is 15.2. The summed E-state index contributed by atoms with van der Waals surface area (Å²) in [6, 6.07) is 14.7. The standard InChI is InChI=1S/C21H21N3O2/c1-2-20(25)26-24-18-12-6-11-17-21(18)19(23-22-17)13-15-9-5-8-14-7-3-4-10-16(14)15/h3-5,7-10H,2,6,11-13H2,1H3,(H,22,23)/b24-18+. The zero-order chi connectivity index (χ0) is 17.9. The number of aryl methyl sites for hydroxylation is 1. The molecule has 26 heavy (non-hydrogen) atoms. The van der Waals surface area contributed by atoms with E-state index in [2.05, 4.69) is 57.8 Å². The maximum absolute atomic E-state index is 11.5. The molecule has 1 aliphatic carbocycles. The van der Waals surface area contributed by atoms with Gasteiger partial charge in [-0.25, -0.2) is 4.79 Å². The molecule has 0 fully saturated rings. The number of H-pyrrole nitrogens is 1. The third-order valence-corrected chi connectivity index (χ3v) is 4.83. The Bertz CT molecular complexity index is 983. The van der Waals surface area contributed by atoms with Crippen molar-refractivity contribution in [3.8, 4) is 0 Å². The summed E-state index contributed by atoms with van der Waals surface area (Å²) in [4.78, 5) is 16.5. The van der Waals surface area contributed by atoms with Gasteiger partial charge < -0.3 is 4.84 Å². The fraction of sp³-hybridized carbons (Fsp3) is 0.286. The Kier molecular flexibility index (Phi) is 4.52. The average molecular weight is 347 g/mol. The van der Waals surface area contributed by atoms with Gasteiger partial charge in [-0.3, -0.25) is 5.10 Å². The first-order chi connectivity index (χ1) is 12.8. The van der Waals surface area contributed by atoms with Crippen molar-refractivity contribution < 1.29 is 9.63 Å². The lowest BCUT2D eigenvalue weighted by Crippen LogP contribution is -2.14. The van der Waals surface area contributed by atoms with Gasteiger partial charge in [0.2, 0.25) is 0 Å². The summed E-state index contributed by atoms with van der Waals surface area (Å²) in [7, 11) is 0. The van der Waals surface area contributed by atoms with Crippen LogP contribution in [0, 0.1) is 0 Å². The van der Waals surface area contributed by atoms with Gasteiger partial charge in [0.05, 0.1) is 11.4 Å². The van der Waals surface area contributed by atoms with Gasteiger partial charge in [-0.05, 0) is 35.6 Å². The molecule has 5 nitrogen and oxygen atoms in total. The van der Waals surface area contributed by atoms with E-state index in [9.17, 15) is 4.79 Å². The van der Waals surface area contributed by atoms with Gasteiger partial charge in [-0.15, -0.1) is 0 Å². The van der Waals surface area contributed by atoms with Crippen LogP contribution in [-0.2, 0) is 22.5 Å². The van der Waals surface area contributed by atoms with Crippen LogP contribution in [0.5, 0.6) is 0 Å². The van der Waals surface area contributed by atoms with Crippen molar-refractivity contribution in [2.45, 2.75) is 39.0 Å². The first kappa shape index (κ1) is 16.5. The molecule has 0 atom stereocenters. The van der Waals surface area contributed by atoms with E-state index in [1.807, 2.05) is 0 Å².